The largest absolute Gasteiger partial charge is 0.465 e. The molecule has 1 saturated heterocycles. The third-order valence-electron chi connectivity index (χ3n) is 6.67. The van der Waals surface area contributed by atoms with Gasteiger partial charge in [0.15, 0.2) is 0 Å². The molecular weight excluding hydrogens is 446 g/mol. The Balaban J connectivity index is 1.45. The lowest BCUT2D eigenvalue weighted by Gasteiger charge is -2.38. The second kappa shape index (κ2) is 9.01. The highest BCUT2D eigenvalue weighted by atomic mass is 16.4. The molecule has 1 fully saturated rings. The van der Waals surface area contributed by atoms with Gasteiger partial charge in [0.05, 0.1) is 12.1 Å². The van der Waals surface area contributed by atoms with Crippen molar-refractivity contribution in [2.75, 3.05) is 29.9 Å². The van der Waals surface area contributed by atoms with Gasteiger partial charge in [-0.15, -0.1) is 0 Å². The van der Waals surface area contributed by atoms with Crippen LogP contribution in [-0.2, 0) is 13.1 Å². The van der Waals surface area contributed by atoms with Gasteiger partial charge in [0.2, 0.25) is 5.95 Å². The van der Waals surface area contributed by atoms with Gasteiger partial charge in [0.1, 0.15) is 11.5 Å². The molecule has 10 nitrogen and oxygen atoms in total. The van der Waals surface area contributed by atoms with Crippen molar-refractivity contribution in [1.29, 1.82) is 0 Å². The maximum Gasteiger partial charge on any atom is 0.407 e. The molecule has 2 amide bonds. The van der Waals surface area contributed by atoms with Crippen molar-refractivity contribution < 1.29 is 14.7 Å². The van der Waals surface area contributed by atoms with Gasteiger partial charge in [-0.1, -0.05) is 18.2 Å². The zero-order valence-corrected chi connectivity index (χ0v) is 20.1. The first-order valence-corrected chi connectivity index (χ1v) is 11.9. The minimum absolute atomic E-state index is 0.0387. The fourth-order valence-electron chi connectivity index (χ4n) is 4.70. The zero-order chi connectivity index (χ0) is 24.7. The number of fused-ring (bicyclic) bond motifs is 2. The SMILES string of the molecule is CC(C)N1Cc2c(NCc3cnc4ccccc4c3)nc(N3CCN(C(=O)O)[C@H](C)C3)nc2C1=O. The Kier molecular flexibility index (Phi) is 5.88. The molecule has 3 aromatic rings. The molecule has 0 aliphatic carbocycles. The van der Waals surface area contributed by atoms with Gasteiger partial charge >= 0.3 is 6.09 Å². The normalized spacial score (nSPS) is 17.9. The monoisotopic (exact) mass is 475 g/mol. The van der Waals surface area contributed by atoms with E-state index >= 15 is 0 Å². The number of rotatable bonds is 5. The van der Waals surface area contributed by atoms with Crippen LogP contribution in [0.4, 0.5) is 16.6 Å². The Morgan fingerprint density at radius 1 is 1.23 bits per heavy atom. The quantitative estimate of drug-likeness (QED) is 0.578. The number of pyridine rings is 1. The van der Waals surface area contributed by atoms with Crippen molar-refractivity contribution in [1.82, 2.24) is 24.8 Å². The molecule has 0 saturated carbocycles. The molecule has 1 atom stereocenters. The number of para-hydroxylation sites is 1. The van der Waals surface area contributed by atoms with Crippen molar-refractivity contribution >= 4 is 34.7 Å². The number of hydrogen-bond donors (Lipinski definition) is 2. The summed E-state index contributed by atoms with van der Waals surface area (Å²) in [5.74, 6) is 0.966. The van der Waals surface area contributed by atoms with E-state index in [9.17, 15) is 14.7 Å². The highest BCUT2D eigenvalue weighted by Crippen LogP contribution is 2.31. The highest BCUT2D eigenvalue weighted by molar-refractivity contribution is 5.98. The molecule has 1 aromatic carbocycles. The number of nitrogens with zero attached hydrogens (tertiary/aromatic N) is 6. The maximum absolute atomic E-state index is 13.1. The zero-order valence-electron chi connectivity index (χ0n) is 20.1. The summed E-state index contributed by atoms with van der Waals surface area (Å²) in [7, 11) is 0. The van der Waals surface area contributed by atoms with Crippen LogP contribution in [0.3, 0.4) is 0 Å². The van der Waals surface area contributed by atoms with Crippen LogP contribution in [0.5, 0.6) is 0 Å². The lowest BCUT2D eigenvalue weighted by molar-refractivity contribution is 0.0726. The number of amides is 2. The van der Waals surface area contributed by atoms with E-state index in [0.29, 0.717) is 50.2 Å². The van der Waals surface area contributed by atoms with E-state index in [2.05, 4.69) is 21.4 Å². The average Bonchev–Trinajstić information content (AvgIpc) is 3.19. The van der Waals surface area contributed by atoms with E-state index < -0.39 is 6.09 Å². The molecule has 2 N–H and O–H groups in total. The Bertz CT molecular complexity index is 1300. The standard InChI is InChI=1S/C25H29N7O3/c1-15(2)32-14-19-21(23(32)33)28-24(30-8-9-31(25(34)35)16(3)13-30)29-22(19)27-12-17-10-18-6-4-5-7-20(18)26-11-17/h4-7,10-11,15-16H,8-9,12-14H2,1-3H3,(H,34,35)(H,27,28,29)/t16-/m1/s1. The van der Waals surface area contributed by atoms with Crippen molar-refractivity contribution in [3.63, 3.8) is 0 Å². The maximum atomic E-state index is 13.1. The van der Waals surface area contributed by atoms with Crippen molar-refractivity contribution in [2.24, 2.45) is 0 Å². The first-order valence-electron chi connectivity index (χ1n) is 11.9. The smallest absolute Gasteiger partial charge is 0.407 e. The number of carboxylic acid groups (broad SMARTS) is 1. The molecule has 10 heteroatoms. The fraction of sp³-hybridized carbons (Fsp3) is 0.400. The van der Waals surface area contributed by atoms with Gasteiger partial charge in [-0.25, -0.2) is 9.78 Å². The van der Waals surface area contributed by atoms with E-state index in [1.807, 2.05) is 56.1 Å². The number of hydrogen-bond acceptors (Lipinski definition) is 7. The summed E-state index contributed by atoms with van der Waals surface area (Å²) in [6.45, 7) is 8.07. The lowest BCUT2D eigenvalue weighted by Crippen LogP contribution is -2.54. The Morgan fingerprint density at radius 3 is 2.77 bits per heavy atom. The predicted octanol–water partition coefficient (Wildman–Crippen LogP) is 3.19. The molecule has 182 valence electrons. The van der Waals surface area contributed by atoms with Gasteiger partial charge in [0.25, 0.3) is 5.91 Å². The van der Waals surface area contributed by atoms with Crippen LogP contribution >= 0.6 is 0 Å². The summed E-state index contributed by atoms with van der Waals surface area (Å²) >= 11 is 0. The molecule has 0 radical (unpaired) electrons. The van der Waals surface area contributed by atoms with Crippen LogP contribution < -0.4 is 10.2 Å². The summed E-state index contributed by atoms with van der Waals surface area (Å²) in [6.07, 6.45) is 0.914. The van der Waals surface area contributed by atoms with E-state index in [-0.39, 0.29) is 18.0 Å². The van der Waals surface area contributed by atoms with Gasteiger partial charge in [-0.05, 0) is 38.5 Å². The second-order valence-corrected chi connectivity index (χ2v) is 9.39. The van der Waals surface area contributed by atoms with Gasteiger partial charge in [-0.3, -0.25) is 9.78 Å². The summed E-state index contributed by atoms with van der Waals surface area (Å²) < 4.78 is 0. The first-order chi connectivity index (χ1) is 16.8. The predicted molar refractivity (Wildman–Crippen MR) is 133 cm³/mol. The van der Waals surface area contributed by atoms with Crippen molar-refractivity contribution in [3.05, 3.63) is 53.3 Å². The van der Waals surface area contributed by atoms with Gasteiger partial charge < -0.3 is 25.1 Å². The molecule has 4 heterocycles. The Morgan fingerprint density at radius 2 is 2.03 bits per heavy atom. The second-order valence-electron chi connectivity index (χ2n) is 9.39. The van der Waals surface area contributed by atoms with Crippen LogP contribution in [0.2, 0.25) is 0 Å². The third-order valence-corrected chi connectivity index (χ3v) is 6.67. The number of aromatic nitrogens is 3. The van der Waals surface area contributed by atoms with Gasteiger partial charge in [0, 0.05) is 55.4 Å². The number of piperazine rings is 1. The van der Waals surface area contributed by atoms with E-state index in [4.69, 9.17) is 4.98 Å². The molecule has 2 aliphatic rings. The molecule has 5 rings (SSSR count). The Hall–Kier alpha value is -3.95. The molecule has 0 spiro atoms. The third kappa shape index (κ3) is 4.31. The van der Waals surface area contributed by atoms with Crippen LogP contribution in [0.15, 0.2) is 36.5 Å². The van der Waals surface area contributed by atoms with E-state index in [1.165, 1.54) is 4.90 Å². The van der Waals surface area contributed by atoms with E-state index in [1.54, 1.807) is 4.90 Å². The number of nitrogens with one attached hydrogen (secondary N) is 1. The van der Waals surface area contributed by atoms with E-state index in [0.717, 1.165) is 22.0 Å². The minimum atomic E-state index is -0.930. The summed E-state index contributed by atoms with van der Waals surface area (Å²) in [5.41, 5.74) is 3.15. The molecule has 35 heavy (non-hydrogen) atoms. The summed E-state index contributed by atoms with van der Waals surface area (Å²) in [4.78, 5) is 43.8. The summed E-state index contributed by atoms with van der Waals surface area (Å²) in [5, 5.41) is 13.9. The topological polar surface area (TPSA) is 115 Å². The fourth-order valence-corrected chi connectivity index (χ4v) is 4.70. The molecule has 2 aliphatic heterocycles. The van der Waals surface area contributed by atoms with Crippen LogP contribution in [0.1, 0.15) is 42.4 Å². The minimum Gasteiger partial charge on any atom is -0.465 e. The number of carbonyl (C=O) groups excluding carboxylic acids is 1. The number of carbonyl (C=O) groups is 2. The van der Waals surface area contributed by atoms with Crippen LogP contribution in [0, 0.1) is 0 Å². The lowest BCUT2D eigenvalue weighted by atomic mass is 10.1. The molecular formula is C25H29N7O3. The summed E-state index contributed by atoms with van der Waals surface area (Å²) in [6, 6.07) is 9.89. The molecule has 0 unspecified atom stereocenters. The first kappa shape index (κ1) is 22.8. The molecule has 2 aromatic heterocycles. The van der Waals surface area contributed by atoms with Crippen molar-refractivity contribution in [3.8, 4) is 0 Å². The average molecular weight is 476 g/mol. The van der Waals surface area contributed by atoms with Crippen LogP contribution in [-0.4, -0.2) is 73.6 Å². The molecule has 0 bridgehead atoms. The number of anilines is 2. The number of benzene rings is 1. The van der Waals surface area contributed by atoms with Crippen LogP contribution in [0.25, 0.3) is 10.9 Å². The van der Waals surface area contributed by atoms with Crippen molar-refractivity contribution in [2.45, 2.75) is 45.9 Å². The van der Waals surface area contributed by atoms with Gasteiger partial charge in [-0.2, -0.15) is 4.98 Å². The Labute approximate surface area is 203 Å². The highest BCUT2D eigenvalue weighted by Gasteiger charge is 2.36.